The second-order valence-corrected chi connectivity index (χ2v) is 14.9. The number of hydrogen-bond acceptors (Lipinski definition) is 9. The van der Waals surface area contributed by atoms with Crippen LogP contribution in [0.2, 0.25) is 0 Å². The highest BCUT2D eigenvalue weighted by Crippen LogP contribution is 2.19. The van der Waals surface area contributed by atoms with E-state index < -0.39 is 83.9 Å². The van der Waals surface area contributed by atoms with Gasteiger partial charge in [0.15, 0.2) is 5.96 Å². The summed E-state index contributed by atoms with van der Waals surface area (Å²) in [4.78, 5) is 97.8. The Kier molecular flexibility index (Phi) is 20.7. The van der Waals surface area contributed by atoms with Gasteiger partial charge in [0.2, 0.25) is 23.6 Å². The third-order valence-corrected chi connectivity index (χ3v) is 10.3. The number of methoxy groups -OCH3 is 1. The predicted molar refractivity (Wildman–Crippen MR) is 225 cm³/mol. The van der Waals surface area contributed by atoms with Crippen LogP contribution in [-0.2, 0) is 44.7 Å². The zero-order valence-electron chi connectivity index (χ0n) is 35.5. The quantitative estimate of drug-likeness (QED) is 0.0434. The number of aliphatic imine (C=N–C) groups is 1. The van der Waals surface area contributed by atoms with Gasteiger partial charge in [0, 0.05) is 33.0 Å². The van der Waals surface area contributed by atoms with E-state index >= 15 is 0 Å². The van der Waals surface area contributed by atoms with E-state index in [1.165, 1.54) is 33.9 Å². The SMILES string of the molecule is C/C=C1/C(=O)NC(C(=O)O)[C@H](C)C(=O)NC(CCCCN=C(N)N)C(=O)NC(/C=C/C(C)=C/[C@H](C)[C@H](Cc2ccccc2)OC)[C@H](C)C(=O)N[C@@H](C(=O)O)CCC(=O)N1C. The first-order chi connectivity index (χ1) is 28.3. The number of ether oxygens (including phenoxy) is 1. The van der Waals surface area contributed by atoms with Crippen molar-refractivity contribution in [3.05, 3.63) is 71.5 Å². The summed E-state index contributed by atoms with van der Waals surface area (Å²) in [6.07, 6.45) is 7.02. The van der Waals surface area contributed by atoms with Crippen molar-refractivity contribution in [2.45, 2.75) is 103 Å². The molecule has 0 aliphatic carbocycles. The molecule has 3 unspecified atom stereocenters. The van der Waals surface area contributed by atoms with Gasteiger partial charge in [-0.25, -0.2) is 9.59 Å². The average Bonchev–Trinajstić information content (AvgIpc) is 3.20. The molecule has 1 aromatic carbocycles. The van der Waals surface area contributed by atoms with Crippen molar-refractivity contribution in [1.29, 1.82) is 0 Å². The molecular formula is C42H62N8O10. The van der Waals surface area contributed by atoms with Crippen LogP contribution in [0.4, 0.5) is 0 Å². The number of nitrogens with zero attached hydrogens (tertiary/aromatic N) is 2. The zero-order chi connectivity index (χ0) is 45.1. The van der Waals surface area contributed by atoms with Crippen molar-refractivity contribution in [3.8, 4) is 0 Å². The molecule has 0 radical (unpaired) electrons. The minimum Gasteiger partial charge on any atom is -0.480 e. The van der Waals surface area contributed by atoms with Crippen LogP contribution in [0.1, 0.15) is 72.3 Å². The number of amides is 5. The van der Waals surface area contributed by atoms with Gasteiger partial charge in [0.05, 0.1) is 24.0 Å². The van der Waals surface area contributed by atoms with Crippen LogP contribution >= 0.6 is 0 Å². The van der Waals surface area contributed by atoms with Crippen LogP contribution in [-0.4, -0.2) is 114 Å². The highest BCUT2D eigenvalue weighted by molar-refractivity contribution is 6.00. The number of likely N-dealkylation sites (N-methyl/N-ethyl adjacent to an activating group) is 1. The topological polar surface area (TPSA) is 285 Å². The number of guanidine groups is 1. The average molecular weight is 839 g/mol. The Morgan fingerprint density at radius 2 is 1.60 bits per heavy atom. The first kappa shape index (κ1) is 50.1. The summed E-state index contributed by atoms with van der Waals surface area (Å²) in [5, 5.41) is 30.3. The molecule has 1 aliphatic rings. The number of rotatable bonds is 14. The molecule has 1 saturated heterocycles. The molecule has 0 saturated carbocycles. The maximum atomic E-state index is 14.1. The normalized spacial score (nSPS) is 24.9. The van der Waals surface area contributed by atoms with E-state index in [1.807, 2.05) is 50.3 Å². The molecule has 18 nitrogen and oxygen atoms in total. The number of aliphatic carboxylic acids is 2. The Balaban J connectivity index is 2.63. The molecular weight excluding hydrogens is 777 g/mol. The van der Waals surface area contributed by atoms with Gasteiger partial charge in [-0.1, -0.05) is 81.0 Å². The molecule has 0 aromatic heterocycles. The Hall–Kier alpha value is -6.04. The lowest BCUT2D eigenvalue weighted by Crippen LogP contribution is -2.56. The fraction of sp³-hybridized carbons (Fsp3) is 0.524. The molecule has 0 spiro atoms. The summed E-state index contributed by atoms with van der Waals surface area (Å²) in [5.74, 6) is -9.73. The largest absolute Gasteiger partial charge is 0.480 e. The lowest BCUT2D eigenvalue weighted by Gasteiger charge is -2.28. The van der Waals surface area contributed by atoms with E-state index in [1.54, 1.807) is 19.3 Å². The van der Waals surface area contributed by atoms with E-state index in [0.29, 0.717) is 19.3 Å². The summed E-state index contributed by atoms with van der Waals surface area (Å²) in [6.45, 7) is 8.26. The molecule has 10 N–H and O–H groups in total. The van der Waals surface area contributed by atoms with Crippen LogP contribution in [0, 0.1) is 17.8 Å². The summed E-state index contributed by atoms with van der Waals surface area (Å²) in [7, 11) is 2.89. The van der Waals surface area contributed by atoms with Crippen LogP contribution in [0.25, 0.3) is 0 Å². The standard InChI is InChI=1S/C42H62N8O10/c1-8-32-39(55)49-35(41(58)59)27(5)37(53)47-30(16-12-13-21-45-42(43)44)38(54)46-29(26(4)36(52)48-31(40(56)57)19-20-34(51)50(32)6)18-17-24(2)22-25(3)33(60-7)23-28-14-10-9-11-15-28/h8-11,14-15,17-18,22,25-27,29-31,33,35H,12-13,16,19-21,23H2,1-7H3,(H,46,54)(H,47,53)(H,48,52)(H,49,55)(H,56,57)(H,58,59)(H4,43,44,45)/b18-17+,24-22+,32-8-/t25-,26-,27-,29?,30?,31+,33-,35?/m0/s1. The molecule has 5 amide bonds. The number of nitrogens with one attached hydrogen (secondary N) is 4. The Labute approximate surface area is 351 Å². The smallest absolute Gasteiger partial charge is 0.327 e. The maximum absolute atomic E-state index is 14.1. The first-order valence-corrected chi connectivity index (χ1v) is 19.9. The minimum absolute atomic E-state index is 0.0401. The second kappa shape index (κ2) is 24.8. The van der Waals surface area contributed by atoms with Crippen LogP contribution in [0.5, 0.6) is 0 Å². The molecule has 2 rings (SSSR count). The maximum Gasteiger partial charge on any atom is 0.327 e. The van der Waals surface area contributed by atoms with Gasteiger partial charge in [0.25, 0.3) is 5.91 Å². The fourth-order valence-electron chi connectivity index (χ4n) is 6.55. The van der Waals surface area contributed by atoms with E-state index in [9.17, 15) is 43.8 Å². The van der Waals surface area contributed by atoms with Crippen LogP contribution in [0.15, 0.2) is 70.9 Å². The number of allylic oxidation sites excluding steroid dienone is 3. The van der Waals surface area contributed by atoms with Crippen molar-refractivity contribution in [3.63, 3.8) is 0 Å². The van der Waals surface area contributed by atoms with Gasteiger partial charge in [-0.05, 0) is 51.5 Å². The van der Waals surface area contributed by atoms with E-state index in [-0.39, 0.29) is 43.1 Å². The molecule has 18 heteroatoms. The number of carboxylic acid groups (broad SMARTS) is 2. The summed E-state index contributed by atoms with van der Waals surface area (Å²) in [5.41, 5.74) is 12.5. The monoisotopic (exact) mass is 838 g/mol. The second-order valence-electron chi connectivity index (χ2n) is 14.9. The van der Waals surface area contributed by atoms with Crippen LogP contribution in [0.3, 0.4) is 0 Å². The van der Waals surface area contributed by atoms with E-state index in [2.05, 4.69) is 26.3 Å². The van der Waals surface area contributed by atoms with Gasteiger partial charge < -0.3 is 52.6 Å². The van der Waals surface area contributed by atoms with Gasteiger partial charge in [-0.3, -0.25) is 29.0 Å². The number of carbonyl (C=O) groups is 7. The third kappa shape index (κ3) is 16.0. The number of hydrogen-bond donors (Lipinski definition) is 8. The Morgan fingerprint density at radius 1 is 0.950 bits per heavy atom. The van der Waals surface area contributed by atoms with Gasteiger partial charge in [-0.15, -0.1) is 0 Å². The third-order valence-electron chi connectivity index (χ3n) is 10.3. The molecule has 1 aliphatic heterocycles. The summed E-state index contributed by atoms with van der Waals surface area (Å²) >= 11 is 0. The summed E-state index contributed by atoms with van der Waals surface area (Å²) in [6, 6.07) is 4.21. The van der Waals surface area contributed by atoms with Crippen molar-refractivity contribution >= 4 is 47.4 Å². The first-order valence-electron chi connectivity index (χ1n) is 19.9. The van der Waals surface area contributed by atoms with Crippen molar-refractivity contribution in [2.75, 3.05) is 20.7 Å². The Bertz CT molecular complexity index is 1790. The highest BCUT2D eigenvalue weighted by atomic mass is 16.5. The molecule has 8 atom stereocenters. The lowest BCUT2D eigenvalue weighted by molar-refractivity contribution is -0.146. The summed E-state index contributed by atoms with van der Waals surface area (Å²) < 4.78 is 5.80. The molecule has 1 aromatic rings. The molecule has 1 fully saturated rings. The highest BCUT2D eigenvalue weighted by Gasteiger charge is 2.36. The molecule has 330 valence electrons. The number of unbranched alkanes of at least 4 members (excludes halogenated alkanes) is 1. The number of carboxylic acids is 2. The number of benzene rings is 1. The van der Waals surface area contributed by atoms with Gasteiger partial charge >= 0.3 is 11.9 Å². The predicted octanol–water partition coefficient (Wildman–Crippen LogP) is 1.36. The van der Waals surface area contributed by atoms with Crippen molar-refractivity contribution in [1.82, 2.24) is 26.2 Å². The number of nitrogens with two attached hydrogens (primary N) is 2. The molecule has 0 bridgehead atoms. The number of carbonyl (C=O) groups excluding carboxylic acids is 5. The van der Waals surface area contributed by atoms with Gasteiger partial charge in [0.1, 0.15) is 23.8 Å². The van der Waals surface area contributed by atoms with Crippen molar-refractivity contribution < 1.29 is 48.5 Å². The minimum atomic E-state index is -1.79. The van der Waals surface area contributed by atoms with Gasteiger partial charge in [-0.2, -0.15) is 0 Å². The van der Waals surface area contributed by atoms with E-state index in [0.717, 1.165) is 16.0 Å². The Morgan fingerprint density at radius 3 is 2.18 bits per heavy atom. The lowest BCUT2D eigenvalue weighted by atomic mass is 9.94. The fourth-order valence-corrected chi connectivity index (χ4v) is 6.55. The zero-order valence-corrected chi connectivity index (χ0v) is 35.5. The van der Waals surface area contributed by atoms with Crippen LogP contribution < -0.4 is 32.7 Å². The molecule has 1 heterocycles. The van der Waals surface area contributed by atoms with Crippen molar-refractivity contribution in [2.24, 2.45) is 34.2 Å². The van der Waals surface area contributed by atoms with E-state index in [4.69, 9.17) is 16.2 Å². The molecule has 60 heavy (non-hydrogen) atoms.